The molecule has 0 spiro atoms. The summed E-state index contributed by atoms with van der Waals surface area (Å²) < 4.78 is 4.73. The summed E-state index contributed by atoms with van der Waals surface area (Å²) in [7, 11) is 0. The number of hydrogen-bond donors (Lipinski definition) is 1. The van der Waals surface area contributed by atoms with Crippen LogP contribution in [0, 0.1) is 10.1 Å². The smallest absolute Gasteiger partial charge is 0.384 e. The van der Waals surface area contributed by atoms with Crippen LogP contribution in [0.5, 0.6) is 0 Å². The lowest BCUT2D eigenvalue weighted by molar-refractivity contribution is -0.522. The Bertz CT molecular complexity index is 231. The summed E-state index contributed by atoms with van der Waals surface area (Å²) in [4.78, 5) is 21.2. The van der Waals surface area contributed by atoms with E-state index < -0.39 is 23.0 Å². The minimum atomic E-state index is -1.66. The summed E-state index contributed by atoms with van der Waals surface area (Å²) in [5.41, 5.74) is 0. The van der Waals surface area contributed by atoms with Crippen molar-refractivity contribution < 1.29 is 19.6 Å². The van der Waals surface area contributed by atoms with Gasteiger partial charge in [0.15, 0.2) is 0 Å². The molecular formula is C10H19NO5. The van der Waals surface area contributed by atoms with Crippen molar-refractivity contribution in [3.05, 3.63) is 10.1 Å². The first-order valence-electron chi connectivity index (χ1n) is 5.52. The topological polar surface area (TPSA) is 89.7 Å². The van der Waals surface area contributed by atoms with E-state index >= 15 is 0 Å². The van der Waals surface area contributed by atoms with Crippen molar-refractivity contribution in [1.29, 1.82) is 0 Å². The highest BCUT2D eigenvalue weighted by atomic mass is 16.6. The molecule has 16 heavy (non-hydrogen) atoms. The maximum Gasteiger partial charge on any atom is 0.384 e. The minimum absolute atomic E-state index is 0.165. The molecule has 0 aliphatic carbocycles. The summed E-state index contributed by atoms with van der Waals surface area (Å²) in [6.45, 7) is 3.87. The van der Waals surface area contributed by atoms with Gasteiger partial charge in [-0.15, -0.1) is 0 Å². The van der Waals surface area contributed by atoms with Crippen LogP contribution < -0.4 is 0 Å². The Balaban J connectivity index is 4.29. The largest absolute Gasteiger partial charge is 0.461 e. The summed E-state index contributed by atoms with van der Waals surface area (Å²) in [5.74, 6) is -0.945. The number of carbonyl (C=O) groups excluding carboxylic acids is 1. The predicted molar refractivity (Wildman–Crippen MR) is 57.6 cm³/mol. The SMILES string of the molecule is CCCCOC(=O)C(C(O)CCC)[N+](=O)[O-]. The molecule has 0 aromatic rings. The number of nitro groups is 1. The van der Waals surface area contributed by atoms with Crippen molar-refractivity contribution in [2.75, 3.05) is 6.61 Å². The lowest BCUT2D eigenvalue weighted by Crippen LogP contribution is -2.42. The number of rotatable bonds is 8. The molecule has 94 valence electrons. The van der Waals surface area contributed by atoms with Gasteiger partial charge in [0.05, 0.1) is 6.61 Å². The monoisotopic (exact) mass is 233 g/mol. The second-order valence-corrected chi connectivity index (χ2v) is 3.61. The highest BCUT2D eigenvalue weighted by molar-refractivity contribution is 5.75. The first-order chi connectivity index (χ1) is 7.54. The Labute approximate surface area is 94.7 Å². The molecule has 0 saturated carbocycles. The van der Waals surface area contributed by atoms with Gasteiger partial charge in [-0.25, -0.2) is 4.79 Å². The molecule has 0 fully saturated rings. The molecule has 6 heteroatoms. The van der Waals surface area contributed by atoms with E-state index in [1.165, 1.54) is 0 Å². The van der Waals surface area contributed by atoms with Gasteiger partial charge in [-0.05, 0) is 12.8 Å². The van der Waals surface area contributed by atoms with Gasteiger partial charge in [0, 0.05) is 4.92 Å². The van der Waals surface area contributed by atoms with Crippen LogP contribution in [0.2, 0.25) is 0 Å². The molecule has 6 nitrogen and oxygen atoms in total. The fraction of sp³-hybridized carbons (Fsp3) is 0.900. The van der Waals surface area contributed by atoms with Crippen molar-refractivity contribution in [1.82, 2.24) is 0 Å². The molecule has 0 aliphatic rings. The third-order valence-electron chi connectivity index (χ3n) is 2.16. The first kappa shape index (κ1) is 14.8. The number of hydrogen-bond acceptors (Lipinski definition) is 5. The van der Waals surface area contributed by atoms with Gasteiger partial charge in [0.1, 0.15) is 6.10 Å². The summed E-state index contributed by atoms with van der Waals surface area (Å²) in [6.07, 6.45) is 1.03. The summed E-state index contributed by atoms with van der Waals surface area (Å²) >= 11 is 0. The number of carbonyl (C=O) groups is 1. The van der Waals surface area contributed by atoms with E-state index in [4.69, 9.17) is 4.74 Å². The number of aliphatic hydroxyl groups is 1. The minimum Gasteiger partial charge on any atom is -0.461 e. The van der Waals surface area contributed by atoms with Crippen LogP contribution in [-0.4, -0.2) is 34.8 Å². The van der Waals surface area contributed by atoms with E-state index in [0.29, 0.717) is 12.8 Å². The molecule has 0 rings (SSSR count). The fourth-order valence-corrected chi connectivity index (χ4v) is 1.24. The van der Waals surface area contributed by atoms with Crippen molar-refractivity contribution >= 4 is 5.97 Å². The molecule has 0 bridgehead atoms. The zero-order valence-corrected chi connectivity index (χ0v) is 9.72. The highest BCUT2D eigenvalue weighted by Crippen LogP contribution is 2.08. The molecular weight excluding hydrogens is 214 g/mol. The number of ether oxygens (including phenoxy) is 1. The lowest BCUT2D eigenvalue weighted by Gasteiger charge is -2.14. The lowest BCUT2D eigenvalue weighted by atomic mass is 10.1. The molecule has 0 radical (unpaired) electrons. The zero-order chi connectivity index (χ0) is 12.6. The average molecular weight is 233 g/mol. The van der Waals surface area contributed by atoms with Gasteiger partial charge in [-0.2, -0.15) is 0 Å². The van der Waals surface area contributed by atoms with Crippen LogP contribution >= 0.6 is 0 Å². The second-order valence-electron chi connectivity index (χ2n) is 3.61. The average Bonchev–Trinajstić information content (AvgIpc) is 2.18. The Morgan fingerprint density at radius 3 is 2.50 bits per heavy atom. The standard InChI is InChI=1S/C10H19NO5/c1-3-5-7-16-10(13)9(11(14)15)8(12)6-4-2/h8-9,12H,3-7H2,1-2H3. The molecule has 2 unspecified atom stereocenters. The molecule has 2 atom stereocenters. The highest BCUT2D eigenvalue weighted by Gasteiger charge is 2.38. The summed E-state index contributed by atoms with van der Waals surface area (Å²) in [5, 5.41) is 20.1. The Hall–Kier alpha value is -1.17. The first-order valence-corrected chi connectivity index (χ1v) is 5.52. The Kier molecular flexibility index (Phi) is 7.45. The van der Waals surface area contributed by atoms with E-state index in [2.05, 4.69) is 0 Å². The third-order valence-corrected chi connectivity index (χ3v) is 2.16. The van der Waals surface area contributed by atoms with Crippen molar-refractivity contribution in [2.45, 2.75) is 51.7 Å². The quantitative estimate of drug-likeness (QED) is 0.294. The molecule has 0 aromatic heterocycles. The van der Waals surface area contributed by atoms with Gasteiger partial charge in [0.25, 0.3) is 0 Å². The van der Waals surface area contributed by atoms with E-state index in [0.717, 1.165) is 6.42 Å². The van der Waals surface area contributed by atoms with Crippen molar-refractivity contribution in [2.24, 2.45) is 0 Å². The third kappa shape index (κ3) is 5.06. The summed E-state index contributed by atoms with van der Waals surface area (Å²) in [6, 6.07) is -1.66. The van der Waals surface area contributed by atoms with E-state index in [1.54, 1.807) is 6.92 Å². The van der Waals surface area contributed by atoms with Gasteiger partial charge in [-0.1, -0.05) is 26.7 Å². The van der Waals surface area contributed by atoms with Crippen molar-refractivity contribution in [3.63, 3.8) is 0 Å². The van der Waals surface area contributed by atoms with Crippen LogP contribution in [0.15, 0.2) is 0 Å². The van der Waals surface area contributed by atoms with Crippen LogP contribution in [0.4, 0.5) is 0 Å². The molecule has 1 N–H and O–H groups in total. The number of nitrogens with zero attached hydrogens (tertiary/aromatic N) is 1. The molecule has 0 aromatic carbocycles. The van der Waals surface area contributed by atoms with E-state index in [9.17, 15) is 20.0 Å². The zero-order valence-electron chi connectivity index (χ0n) is 9.72. The molecule has 0 saturated heterocycles. The van der Waals surface area contributed by atoms with Gasteiger partial charge >= 0.3 is 12.0 Å². The maximum atomic E-state index is 11.4. The van der Waals surface area contributed by atoms with Crippen LogP contribution in [0.3, 0.4) is 0 Å². The van der Waals surface area contributed by atoms with Crippen LogP contribution in [0.1, 0.15) is 39.5 Å². The molecule has 0 heterocycles. The maximum absolute atomic E-state index is 11.4. The number of unbranched alkanes of at least 4 members (excludes halogenated alkanes) is 1. The Morgan fingerprint density at radius 1 is 1.44 bits per heavy atom. The Morgan fingerprint density at radius 2 is 2.06 bits per heavy atom. The number of esters is 1. The number of aliphatic hydroxyl groups excluding tert-OH is 1. The van der Waals surface area contributed by atoms with Gasteiger partial charge in [0.2, 0.25) is 0 Å². The van der Waals surface area contributed by atoms with Crippen LogP contribution in [-0.2, 0) is 9.53 Å². The van der Waals surface area contributed by atoms with Gasteiger partial charge < -0.3 is 9.84 Å². The predicted octanol–water partition coefficient (Wildman–Crippen LogP) is 1.14. The fourth-order valence-electron chi connectivity index (χ4n) is 1.24. The molecule has 0 aliphatic heterocycles. The van der Waals surface area contributed by atoms with E-state index in [-0.39, 0.29) is 13.0 Å². The second kappa shape index (κ2) is 8.04. The van der Waals surface area contributed by atoms with Crippen molar-refractivity contribution in [3.8, 4) is 0 Å². The van der Waals surface area contributed by atoms with Gasteiger partial charge in [-0.3, -0.25) is 10.1 Å². The normalized spacial score (nSPS) is 14.2. The molecule has 0 amide bonds. The van der Waals surface area contributed by atoms with E-state index in [1.807, 2.05) is 6.92 Å². The van der Waals surface area contributed by atoms with Crippen LogP contribution in [0.25, 0.3) is 0 Å².